The predicted molar refractivity (Wildman–Crippen MR) is 90.4 cm³/mol. The molecule has 0 saturated heterocycles. The van der Waals surface area contributed by atoms with Gasteiger partial charge in [0.25, 0.3) is 0 Å². The molecule has 0 aliphatic heterocycles. The Morgan fingerprint density at radius 1 is 1.08 bits per heavy atom. The van der Waals surface area contributed by atoms with E-state index >= 15 is 0 Å². The van der Waals surface area contributed by atoms with Gasteiger partial charge in [-0.25, -0.2) is 9.59 Å². The summed E-state index contributed by atoms with van der Waals surface area (Å²) in [7, 11) is 2.56. The Kier molecular flexibility index (Phi) is 5.11. The van der Waals surface area contributed by atoms with Gasteiger partial charge >= 0.3 is 17.9 Å². The lowest BCUT2D eigenvalue weighted by atomic mass is 9.53. The molecule has 138 valence electrons. The van der Waals surface area contributed by atoms with Crippen molar-refractivity contribution in [2.75, 3.05) is 14.2 Å². The van der Waals surface area contributed by atoms with Gasteiger partial charge in [-0.2, -0.15) is 0 Å². The molecule has 0 bridgehead atoms. The fourth-order valence-corrected chi connectivity index (χ4v) is 4.32. The Hall–Kier alpha value is -2.11. The van der Waals surface area contributed by atoms with Gasteiger partial charge in [-0.05, 0) is 31.6 Å². The third-order valence-corrected chi connectivity index (χ3v) is 5.43. The van der Waals surface area contributed by atoms with E-state index < -0.39 is 29.4 Å². The molecule has 0 aromatic carbocycles. The average Bonchev–Trinajstić information content (AvgIpc) is 2.55. The molecule has 0 heterocycles. The zero-order chi connectivity index (χ0) is 19.0. The third kappa shape index (κ3) is 3.10. The summed E-state index contributed by atoms with van der Waals surface area (Å²) < 4.78 is 15.4. The van der Waals surface area contributed by atoms with Gasteiger partial charge in [-0.3, -0.25) is 4.79 Å². The standard InChI is InChI=1S/C19H26O6/c1-11(20)25-14-9-10-18(2,3)13-8-7-12(16(21)23-5)15(17(22)24-6)19(13,14)4/h8,14H,7,9-10H2,1-6H3/t14-,19-/m1/s1. The molecule has 2 aliphatic rings. The molecular formula is C19H26O6. The fraction of sp³-hybridized carbons (Fsp3) is 0.632. The van der Waals surface area contributed by atoms with E-state index in [9.17, 15) is 14.4 Å². The Balaban J connectivity index is 2.72. The van der Waals surface area contributed by atoms with Crippen LogP contribution in [0, 0.1) is 10.8 Å². The maximum atomic E-state index is 12.6. The molecule has 2 rings (SSSR count). The first-order valence-electron chi connectivity index (χ1n) is 8.38. The lowest BCUT2D eigenvalue weighted by Crippen LogP contribution is -2.51. The molecule has 2 atom stereocenters. The number of ether oxygens (including phenoxy) is 3. The number of hydrogen-bond donors (Lipinski definition) is 0. The van der Waals surface area contributed by atoms with Crippen molar-refractivity contribution in [2.24, 2.45) is 10.8 Å². The number of esters is 3. The van der Waals surface area contributed by atoms with E-state index in [1.807, 2.05) is 13.0 Å². The molecule has 25 heavy (non-hydrogen) atoms. The Labute approximate surface area is 148 Å². The van der Waals surface area contributed by atoms with Gasteiger partial charge in [0.05, 0.1) is 30.8 Å². The number of methoxy groups -OCH3 is 2. The van der Waals surface area contributed by atoms with E-state index in [1.54, 1.807) is 0 Å². The van der Waals surface area contributed by atoms with Crippen molar-refractivity contribution >= 4 is 17.9 Å². The van der Waals surface area contributed by atoms with E-state index in [4.69, 9.17) is 14.2 Å². The maximum absolute atomic E-state index is 12.6. The average molecular weight is 350 g/mol. The summed E-state index contributed by atoms with van der Waals surface area (Å²) >= 11 is 0. The van der Waals surface area contributed by atoms with Crippen LogP contribution in [0.4, 0.5) is 0 Å². The van der Waals surface area contributed by atoms with Crippen LogP contribution in [-0.2, 0) is 28.6 Å². The van der Waals surface area contributed by atoms with Gasteiger partial charge in [0.15, 0.2) is 0 Å². The van der Waals surface area contributed by atoms with Crippen LogP contribution < -0.4 is 0 Å². The number of carbonyl (C=O) groups is 3. The first-order chi connectivity index (χ1) is 11.6. The van der Waals surface area contributed by atoms with E-state index in [-0.39, 0.29) is 23.0 Å². The van der Waals surface area contributed by atoms with Crippen LogP contribution in [0.3, 0.4) is 0 Å². The van der Waals surface area contributed by atoms with Gasteiger partial charge in [0.2, 0.25) is 0 Å². The van der Waals surface area contributed by atoms with Gasteiger partial charge < -0.3 is 14.2 Å². The van der Waals surface area contributed by atoms with E-state index in [1.165, 1.54) is 21.1 Å². The minimum atomic E-state index is -0.928. The van der Waals surface area contributed by atoms with E-state index in [0.717, 1.165) is 12.0 Å². The van der Waals surface area contributed by atoms with E-state index in [0.29, 0.717) is 6.42 Å². The largest absolute Gasteiger partial charge is 0.466 e. The molecule has 6 heteroatoms. The van der Waals surface area contributed by atoms with Crippen LogP contribution in [-0.4, -0.2) is 38.2 Å². The van der Waals surface area contributed by atoms with Crippen LogP contribution >= 0.6 is 0 Å². The molecule has 0 amide bonds. The van der Waals surface area contributed by atoms with Crippen molar-refractivity contribution in [3.05, 3.63) is 22.8 Å². The van der Waals surface area contributed by atoms with Gasteiger partial charge in [-0.15, -0.1) is 0 Å². The zero-order valence-electron chi connectivity index (χ0n) is 15.7. The lowest BCUT2D eigenvalue weighted by Gasteiger charge is -2.52. The van der Waals surface area contributed by atoms with Crippen molar-refractivity contribution < 1.29 is 28.6 Å². The van der Waals surface area contributed by atoms with Crippen molar-refractivity contribution in [2.45, 2.75) is 53.1 Å². The van der Waals surface area contributed by atoms with Crippen LogP contribution in [0.25, 0.3) is 0 Å². The molecule has 0 radical (unpaired) electrons. The zero-order valence-corrected chi connectivity index (χ0v) is 15.7. The van der Waals surface area contributed by atoms with Crippen LogP contribution in [0.15, 0.2) is 22.8 Å². The Morgan fingerprint density at radius 2 is 1.68 bits per heavy atom. The first-order valence-corrected chi connectivity index (χ1v) is 8.38. The summed E-state index contributed by atoms with van der Waals surface area (Å²) in [5.74, 6) is -1.58. The first kappa shape index (κ1) is 19.2. The summed E-state index contributed by atoms with van der Waals surface area (Å²) in [5.41, 5.74) is 0.369. The predicted octanol–water partition coefficient (Wildman–Crippen LogP) is 2.72. The van der Waals surface area contributed by atoms with Crippen molar-refractivity contribution in [3.8, 4) is 0 Å². The van der Waals surface area contributed by atoms with Gasteiger partial charge in [0, 0.05) is 6.92 Å². The van der Waals surface area contributed by atoms with Crippen molar-refractivity contribution in [1.29, 1.82) is 0 Å². The van der Waals surface area contributed by atoms with Gasteiger partial charge in [0.1, 0.15) is 6.10 Å². The smallest absolute Gasteiger partial charge is 0.335 e. The second-order valence-electron chi connectivity index (χ2n) is 7.38. The lowest BCUT2D eigenvalue weighted by molar-refractivity contribution is -0.156. The topological polar surface area (TPSA) is 78.9 Å². The quantitative estimate of drug-likeness (QED) is 0.442. The highest BCUT2D eigenvalue weighted by molar-refractivity contribution is 6.02. The normalized spacial score (nSPS) is 27.8. The Morgan fingerprint density at radius 3 is 2.20 bits per heavy atom. The van der Waals surface area contributed by atoms with Crippen molar-refractivity contribution in [1.82, 2.24) is 0 Å². The fourth-order valence-electron chi connectivity index (χ4n) is 4.32. The number of carbonyl (C=O) groups excluding carboxylic acids is 3. The summed E-state index contributed by atoms with van der Waals surface area (Å²) in [6.07, 6.45) is 3.12. The molecular weight excluding hydrogens is 324 g/mol. The van der Waals surface area contributed by atoms with Crippen LogP contribution in [0.2, 0.25) is 0 Å². The molecule has 0 spiro atoms. The molecule has 6 nitrogen and oxygen atoms in total. The second kappa shape index (κ2) is 6.65. The number of fused-ring (bicyclic) bond motifs is 1. The van der Waals surface area contributed by atoms with E-state index in [2.05, 4.69) is 13.8 Å². The van der Waals surface area contributed by atoms with Crippen LogP contribution in [0.1, 0.15) is 47.0 Å². The molecule has 0 aromatic heterocycles. The molecule has 0 N–H and O–H groups in total. The minimum absolute atomic E-state index is 0.188. The monoisotopic (exact) mass is 350 g/mol. The summed E-state index contributed by atoms with van der Waals surface area (Å²) in [6.45, 7) is 7.39. The SMILES string of the molecule is COC(=O)C1=C(C(=O)OC)[C@]2(C)C(=CC1)C(C)(C)CC[C@H]2OC(C)=O. The molecule has 0 aromatic rings. The molecule has 0 unspecified atom stereocenters. The third-order valence-electron chi connectivity index (χ3n) is 5.43. The maximum Gasteiger partial charge on any atom is 0.335 e. The minimum Gasteiger partial charge on any atom is -0.466 e. The molecule has 1 fully saturated rings. The highest BCUT2D eigenvalue weighted by atomic mass is 16.5. The summed E-state index contributed by atoms with van der Waals surface area (Å²) in [4.78, 5) is 36.6. The highest BCUT2D eigenvalue weighted by Gasteiger charge is 2.56. The summed E-state index contributed by atoms with van der Waals surface area (Å²) in [6, 6.07) is 0. The summed E-state index contributed by atoms with van der Waals surface area (Å²) in [5, 5.41) is 0. The number of allylic oxidation sites excluding steroid dienone is 1. The van der Waals surface area contributed by atoms with Crippen LogP contribution in [0.5, 0.6) is 0 Å². The number of rotatable bonds is 3. The molecule has 1 saturated carbocycles. The Bertz CT molecular complexity index is 669. The van der Waals surface area contributed by atoms with Crippen molar-refractivity contribution in [3.63, 3.8) is 0 Å². The number of hydrogen-bond acceptors (Lipinski definition) is 6. The molecule has 2 aliphatic carbocycles. The highest BCUT2D eigenvalue weighted by Crippen LogP contribution is 2.58. The second-order valence-corrected chi connectivity index (χ2v) is 7.38. The van der Waals surface area contributed by atoms with Gasteiger partial charge in [-0.1, -0.05) is 25.5 Å².